The molecule has 2 aromatic carbocycles. The van der Waals surface area contributed by atoms with Crippen LogP contribution in [0.3, 0.4) is 0 Å². The maximum Gasteiger partial charge on any atom is 0.266 e. The van der Waals surface area contributed by atoms with Crippen molar-refractivity contribution >= 4 is 40.9 Å². The summed E-state index contributed by atoms with van der Waals surface area (Å²) in [5, 5.41) is 0.576. The maximum absolute atomic E-state index is 12.3. The van der Waals surface area contributed by atoms with E-state index in [0.717, 1.165) is 11.1 Å². The first-order valence-corrected chi connectivity index (χ1v) is 9.33. The van der Waals surface area contributed by atoms with Gasteiger partial charge in [-0.1, -0.05) is 23.7 Å². The first kappa shape index (κ1) is 18.4. The van der Waals surface area contributed by atoms with E-state index in [1.807, 2.05) is 13.0 Å². The van der Waals surface area contributed by atoms with E-state index in [0.29, 0.717) is 19.8 Å². The van der Waals surface area contributed by atoms with E-state index in [4.69, 9.17) is 11.6 Å². The fraction of sp³-hybridized carbons (Fsp3) is 0.143. The highest BCUT2D eigenvalue weighted by molar-refractivity contribution is 7.07. The van der Waals surface area contributed by atoms with Crippen LogP contribution in [0.4, 0.5) is 0 Å². The molecule has 0 saturated carbocycles. The second-order valence-electron chi connectivity index (χ2n) is 6.24. The molecule has 5 heteroatoms. The van der Waals surface area contributed by atoms with Crippen molar-refractivity contribution in [1.82, 2.24) is 4.98 Å². The highest BCUT2D eigenvalue weighted by atomic mass is 35.5. The Balaban J connectivity index is 2.02. The number of carbonyl (C=O) groups excluding carboxylic acids is 1. The summed E-state index contributed by atoms with van der Waals surface area (Å²) in [6.45, 7) is 6.14. The van der Waals surface area contributed by atoms with Gasteiger partial charge in [0.1, 0.15) is 0 Å². The summed E-state index contributed by atoms with van der Waals surface area (Å²) in [6.07, 6.45) is 3.31. The van der Waals surface area contributed by atoms with Gasteiger partial charge in [-0.05, 0) is 73.4 Å². The molecule has 0 amide bonds. The Morgan fingerprint density at radius 1 is 1.04 bits per heavy atom. The third kappa shape index (κ3) is 4.03. The number of hydrogen-bond acceptors (Lipinski definition) is 3. The number of carbonyl (C=O) groups is 1. The molecule has 1 N–H and O–H groups in total. The minimum atomic E-state index is -0.192. The van der Waals surface area contributed by atoms with Crippen molar-refractivity contribution in [3.63, 3.8) is 0 Å². The predicted molar refractivity (Wildman–Crippen MR) is 109 cm³/mol. The highest BCUT2D eigenvalue weighted by Gasteiger charge is 2.04. The number of halogens is 1. The van der Waals surface area contributed by atoms with Gasteiger partial charge in [0.25, 0.3) is 5.56 Å². The van der Waals surface area contributed by atoms with Crippen LogP contribution in [-0.2, 0) is 0 Å². The van der Waals surface area contributed by atoms with Crippen molar-refractivity contribution in [1.29, 1.82) is 0 Å². The zero-order valence-electron chi connectivity index (χ0n) is 14.7. The number of aromatic amines is 1. The van der Waals surface area contributed by atoms with E-state index >= 15 is 0 Å². The van der Waals surface area contributed by atoms with Gasteiger partial charge in [0.2, 0.25) is 0 Å². The van der Waals surface area contributed by atoms with Crippen LogP contribution < -0.4 is 14.8 Å². The zero-order valence-corrected chi connectivity index (χ0v) is 16.3. The summed E-state index contributed by atoms with van der Waals surface area (Å²) in [4.78, 5) is 27.3. The number of thiazole rings is 1. The van der Waals surface area contributed by atoms with E-state index in [9.17, 15) is 9.59 Å². The first-order valence-electron chi connectivity index (χ1n) is 8.14. The van der Waals surface area contributed by atoms with Gasteiger partial charge in [-0.25, -0.2) is 0 Å². The summed E-state index contributed by atoms with van der Waals surface area (Å²) in [6, 6.07) is 10.9. The Labute approximate surface area is 160 Å². The van der Waals surface area contributed by atoms with Crippen LogP contribution >= 0.6 is 22.9 Å². The van der Waals surface area contributed by atoms with Gasteiger partial charge in [-0.2, -0.15) is 0 Å². The molecule has 3 nitrogen and oxygen atoms in total. The SMILES string of the molecule is Cc1cc(C)c(/C=c2\s/c(=C\C(=O)c3ccc(Cl)cc3)[nH]c2=O)cc1C. The lowest BCUT2D eigenvalue weighted by Gasteiger charge is -2.05. The monoisotopic (exact) mass is 383 g/mol. The second-order valence-corrected chi connectivity index (χ2v) is 7.76. The molecule has 132 valence electrons. The number of aryl methyl sites for hydroxylation is 3. The first-order chi connectivity index (χ1) is 12.3. The molecule has 0 unspecified atom stereocenters. The summed E-state index contributed by atoms with van der Waals surface area (Å²) in [5.41, 5.74) is 4.86. The number of aromatic nitrogens is 1. The molecule has 0 aliphatic heterocycles. The zero-order chi connectivity index (χ0) is 18.8. The molecular weight excluding hydrogens is 366 g/mol. The molecule has 0 saturated heterocycles. The van der Waals surface area contributed by atoms with Gasteiger partial charge in [-0.15, -0.1) is 11.3 Å². The summed E-state index contributed by atoms with van der Waals surface area (Å²) in [5.74, 6) is -0.173. The standard InChI is InChI=1S/C21H18ClNO2S/c1-12-8-14(3)16(9-13(12)2)10-19-21(25)23-20(26-19)11-18(24)15-4-6-17(22)7-5-15/h4-11H,1-3H3,(H,23,25)/b19-10-,20-11-. The van der Waals surface area contributed by atoms with Crippen molar-refractivity contribution in [3.05, 3.63) is 88.8 Å². The van der Waals surface area contributed by atoms with E-state index in [2.05, 4.69) is 31.0 Å². The fourth-order valence-electron chi connectivity index (χ4n) is 2.62. The predicted octanol–water partition coefficient (Wildman–Crippen LogP) is 3.51. The second kappa shape index (κ2) is 7.44. The topological polar surface area (TPSA) is 49.9 Å². The van der Waals surface area contributed by atoms with Crippen molar-refractivity contribution in [3.8, 4) is 0 Å². The maximum atomic E-state index is 12.3. The third-order valence-corrected chi connectivity index (χ3v) is 5.46. The molecule has 0 bridgehead atoms. The number of hydrogen-bond donors (Lipinski definition) is 1. The number of H-pyrrole nitrogens is 1. The van der Waals surface area contributed by atoms with Crippen LogP contribution in [0.2, 0.25) is 5.02 Å². The number of ketones is 1. The average molecular weight is 384 g/mol. The number of Topliss-reactive ketones (excluding diaryl/α,β-unsaturated/α-hetero) is 1. The van der Waals surface area contributed by atoms with Gasteiger partial charge < -0.3 is 4.98 Å². The molecular formula is C21H18ClNO2S. The van der Waals surface area contributed by atoms with Crippen LogP contribution in [0.1, 0.15) is 32.6 Å². The Morgan fingerprint density at radius 3 is 2.38 bits per heavy atom. The molecule has 3 rings (SSSR count). The van der Waals surface area contributed by atoms with Gasteiger partial charge in [0, 0.05) is 16.7 Å². The van der Waals surface area contributed by atoms with Crippen LogP contribution in [0.25, 0.3) is 12.2 Å². The average Bonchev–Trinajstić information content (AvgIpc) is 2.92. The lowest BCUT2D eigenvalue weighted by Crippen LogP contribution is -2.20. The van der Waals surface area contributed by atoms with Crippen molar-refractivity contribution in [2.24, 2.45) is 0 Å². The van der Waals surface area contributed by atoms with Gasteiger partial charge in [0.15, 0.2) is 5.78 Å². The van der Waals surface area contributed by atoms with E-state index < -0.39 is 0 Å². The molecule has 26 heavy (non-hydrogen) atoms. The van der Waals surface area contributed by atoms with Crippen LogP contribution in [0, 0.1) is 20.8 Å². The van der Waals surface area contributed by atoms with E-state index in [1.54, 1.807) is 24.3 Å². The lowest BCUT2D eigenvalue weighted by atomic mass is 10.0. The van der Waals surface area contributed by atoms with Crippen LogP contribution in [0.15, 0.2) is 41.2 Å². The molecule has 0 aliphatic rings. The minimum absolute atomic E-state index is 0.173. The van der Waals surface area contributed by atoms with E-state index in [-0.39, 0.29) is 11.3 Å². The van der Waals surface area contributed by atoms with Crippen LogP contribution in [-0.4, -0.2) is 10.8 Å². The summed E-state index contributed by atoms with van der Waals surface area (Å²) in [7, 11) is 0. The molecule has 0 aliphatic carbocycles. The summed E-state index contributed by atoms with van der Waals surface area (Å²) < 4.78 is 1.11. The minimum Gasteiger partial charge on any atom is -0.313 e. The quantitative estimate of drug-likeness (QED) is 0.703. The fourth-order valence-corrected chi connectivity index (χ4v) is 3.62. The molecule has 1 aromatic heterocycles. The lowest BCUT2D eigenvalue weighted by molar-refractivity contribution is 0.106. The van der Waals surface area contributed by atoms with Gasteiger partial charge in [-0.3, -0.25) is 9.59 Å². The Morgan fingerprint density at radius 2 is 1.69 bits per heavy atom. The van der Waals surface area contributed by atoms with Crippen molar-refractivity contribution < 1.29 is 4.79 Å². The molecule has 0 atom stereocenters. The Bertz CT molecular complexity index is 1150. The largest absolute Gasteiger partial charge is 0.313 e. The van der Waals surface area contributed by atoms with Gasteiger partial charge in [0.05, 0.1) is 9.20 Å². The normalized spacial score (nSPS) is 12.6. The molecule has 0 spiro atoms. The molecule has 0 radical (unpaired) electrons. The third-order valence-electron chi connectivity index (χ3n) is 4.24. The number of nitrogens with one attached hydrogen (secondary N) is 1. The van der Waals surface area contributed by atoms with Crippen molar-refractivity contribution in [2.45, 2.75) is 20.8 Å². The summed E-state index contributed by atoms with van der Waals surface area (Å²) >= 11 is 7.11. The Kier molecular flexibility index (Phi) is 5.25. The van der Waals surface area contributed by atoms with Gasteiger partial charge >= 0.3 is 0 Å². The molecule has 0 fully saturated rings. The van der Waals surface area contributed by atoms with E-state index in [1.165, 1.54) is 28.5 Å². The Hall–Kier alpha value is -2.43. The van der Waals surface area contributed by atoms with Crippen LogP contribution in [0.5, 0.6) is 0 Å². The number of rotatable bonds is 3. The van der Waals surface area contributed by atoms with Crippen molar-refractivity contribution in [2.75, 3.05) is 0 Å². The number of benzene rings is 2. The molecule has 3 aromatic rings. The smallest absolute Gasteiger partial charge is 0.266 e. The highest BCUT2D eigenvalue weighted by Crippen LogP contribution is 2.15. The molecule has 1 heterocycles.